The largest absolute Gasteiger partial charge is 0.486 e. The molecule has 1 atom stereocenters. The van der Waals surface area contributed by atoms with Crippen LogP contribution in [0.25, 0.3) is 0 Å². The van der Waals surface area contributed by atoms with Gasteiger partial charge in [0, 0.05) is 39.3 Å². The Morgan fingerprint density at radius 3 is 2.60 bits per heavy atom. The second kappa shape index (κ2) is 7.97. The van der Waals surface area contributed by atoms with Gasteiger partial charge in [-0.15, -0.1) is 12.4 Å². The highest BCUT2D eigenvalue weighted by Crippen LogP contribution is 2.32. The number of fused-ring (bicyclic) bond motifs is 1. The van der Waals surface area contributed by atoms with Gasteiger partial charge in [0.25, 0.3) is 0 Å². The van der Waals surface area contributed by atoms with E-state index in [9.17, 15) is 0 Å². The smallest absolute Gasteiger partial charge is 0.161 e. The van der Waals surface area contributed by atoms with Crippen molar-refractivity contribution >= 4 is 18.2 Å². The molecule has 7 heteroatoms. The van der Waals surface area contributed by atoms with Crippen molar-refractivity contribution in [3.05, 3.63) is 35.0 Å². The van der Waals surface area contributed by atoms with Crippen LogP contribution in [0, 0.1) is 6.92 Å². The lowest BCUT2D eigenvalue weighted by atomic mass is 10.1. The molecule has 6 nitrogen and oxygen atoms in total. The summed E-state index contributed by atoms with van der Waals surface area (Å²) in [6, 6.07) is 6.35. The first-order valence-corrected chi connectivity index (χ1v) is 8.30. The Morgan fingerprint density at radius 2 is 1.92 bits per heavy atom. The van der Waals surface area contributed by atoms with Gasteiger partial charge in [0.05, 0.1) is 5.69 Å². The maximum absolute atomic E-state index is 5.68. The molecule has 0 amide bonds. The van der Waals surface area contributed by atoms with Crippen molar-refractivity contribution in [3.63, 3.8) is 0 Å². The second-order valence-electron chi connectivity index (χ2n) is 6.41. The van der Waals surface area contributed by atoms with Crippen LogP contribution in [0.5, 0.6) is 11.5 Å². The van der Waals surface area contributed by atoms with Gasteiger partial charge in [-0.3, -0.25) is 4.68 Å². The predicted octanol–water partition coefficient (Wildman–Crippen LogP) is 2.84. The highest BCUT2D eigenvalue weighted by molar-refractivity contribution is 5.85. The molecule has 0 saturated heterocycles. The molecular formula is C18H27ClN4O2. The zero-order valence-electron chi connectivity index (χ0n) is 15.5. The fraction of sp³-hybridized carbons (Fsp3) is 0.500. The molecule has 1 aromatic carbocycles. The molecule has 1 unspecified atom stereocenters. The SMILES string of the molecule is Cc1nn(C)c(N(C)C)c1CNC(C)c1ccc2c(c1)OCCO2.Cl. The van der Waals surface area contributed by atoms with E-state index in [-0.39, 0.29) is 18.4 Å². The number of rotatable bonds is 5. The molecule has 138 valence electrons. The van der Waals surface area contributed by atoms with Crippen LogP contribution in [0.2, 0.25) is 0 Å². The maximum Gasteiger partial charge on any atom is 0.161 e. The number of nitrogens with zero attached hydrogens (tertiary/aromatic N) is 3. The van der Waals surface area contributed by atoms with Gasteiger partial charge in [-0.2, -0.15) is 5.10 Å². The van der Waals surface area contributed by atoms with E-state index >= 15 is 0 Å². The summed E-state index contributed by atoms with van der Waals surface area (Å²) < 4.78 is 13.2. The van der Waals surface area contributed by atoms with Gasteiger partial charge in [0.2, 0.25) is 0 Å². The lowest BCUT2D eigenvalue weighted by molar-refractivity contribution is 0.171. The van der Waals surface area contributed by atoms with Crippen molar-refractivity contribution < 1.29 is 9.47 Å². The molecule has 0 fully saturated rings. The quantitative estimate of drug-likeness (QED) is 0.881. The van der Waals surface area contributed by atoms with Crippen molar-refractivity contribution in [1.29, 1.82) is 0 Å². The van der Waals surface area contributed by atoms with Crippen LogP contribution in [-0.4, -0.2) is 37.1 Å². The molecule has 2 aromatic rings. The molecular weight excluding hydrogens is 340 g/mol. The Balaban J connectivity index is 0.00000225. The summed E-state index contributed by atoms with van der Waals surface area (Å²) in [6.07, 6.45) is 0. The van der Waals surface area contributed by atoms with Crippen molar-refractivity contribution in [1.82, 2.24) is 15.1 Å². The summed E-state index contributed by atoms with van der Waals surface area (Å²) in [5.41, 5.74) is 3.47. The highest BCUT2D eigenvalue weighted by Gasteiger charge is 2.17. The van der Waals surface area contributed by atoms with Crippen LogP contribution in [0.3, 0.4) is 0 Å². The average Bonchev–Trinajstić information content (AvgIpc) is 2.85. The summed E-state index contributed by atoms with van der Waals surface area (Å²) in [4.78, 5) is 2.10. The number of halogens is 1. The van der Waals surface area contributed by atoms with E-state index in [4.69, 9.17) is 9.47 Å². The first-order chi connectivity index (χ1) is 11.5. The molecule has 0 saturated carbocycles. The number of hydrogen-bond acceptors (Lipinski definition) is 5. The Hall–Kier alpha value is -1.92. The number of benzene rings is 1. The Bertz CT molecular complexity index is 730. The third-order valence-electron chi connectivity index (χ3n) is 4.39. The number of aromatic nitrogens is 2. The minimum atomic E-state index is 0. The number of ether oxygens (including phenoxy) is 2. The van der Waals surface area contributed by atoms with Gasteiger partial charge < -0.3 is 19.7 Å². The van der Waals surface area contributed by atoms with Crippen LogP contribution < -0.4 is 19.7 Å². The third-order valence-corrected chi connectivity index (χ3v) is 4.39. The van der Waals surface area contributed by atoms with Crippen LogP contribution in [-0.2, 0) is 13.6 Å². The molecule has 1 aliphatic heterocycles. The Labute approximate surface area is 155 Å². The molecule has 0 radical (unpaired) electrons. The average molecular weight is 367 g/mol. The van der Waals surface area contributed by atoms with Crippen LogP contribution in [0.15, 0.2) is 18.2 Å². The molecule has 2 heterocycles. The normalized spacial score (nSPS) is 14.0. The van der Waals surface area contributed by atoms with Gasteiger partial charge in [-0.1, -0.05) is 6.07 Å². The van der Waals surface area contributed by atoms with E-state index in [1.807, 2.05) is 31.9 Å². The number of hydrogen-bond donors (Lipinski definition) is 1. The first-order valence-electron chi connectivity index (χ1n) is 8.30. The number of anilines is 1. The highest BCUT2D eigenvalue weighted by atomic mass is 35.5. The summed E-state index contributed by atoms with van der Waals surface area (Å²) in [6.45, 7) is 6.21. The minimum Gasteiger partial charge on any atom is -0.486 e. The van der Waals surface area contributed by atoms with E-state index in [1.54, 1.807) is 0 Å². The zero-order chi connectivity index (χ0) is 17.3. The van der Waals surface area contributed by atoms with Gasteiger partial charge in [-0.05, 0) is 31.5 Å². The van der Waals surface area contributed by atoms with E-state index in [0.717, 1.165) is 29.6 Å². The third kappa shape index (κ3) is 4.02. The molecule has 1 aromatic heterocycles. The van der Waals surface area contributed by atoms with Crippen molar-refractivity contribution in [2.24, 2.45) is 7.05 Å². The molecule has 1 N–H and O–H groups in total. The zero-order valence-corrected chi connectivity index (χ0v) is 16.3. The van der Waals surface area contributed by atoms with Gasteiger partial charge >= 0.3 is 0 Å². The molecule has 1 aliphatic rings. The van der Waals surface area contributed by atoms with Crippen LogP contribution in [0.4, 0.5) is 5.82 Å². The molecule has 3 rings (SSSR count). The summed E-state index contributed by atoms with van der Waals surface area (Å²) in [5.74, 6) is 2.79. The second-order valence-corrected chi connectivity index (χ2v) is 6.41. The lowest BCUT2D eigenvalue weighted by Gasteiger charge is -2.21. The molecule has 25 heavy (non-hydrogen) atoms. The Kier molecular flexibility index (Phi) is 6.19. The summed E-state index contributed by atoms with van der Waals surface area (Å²) in [5, 5.41) is 8.13. The van der Waals surface area contributed by atoms with Gasteiger partial charge in [0.15, 0.2) is 11.5 Å². The van der Waals surface area contributed by atoms with Crippen molar-refractivity contribution in [2.75, 3.05) is 32.2 Å². The fourth-order valence-corrected chi connectivity index (χ4v) is 3.16. The molecule has 0 bridgehead atoms. The van der Waals surface area contributed by atoms with Crippen LogP contribution >= 0.6 is 12.4 Å². The van der Waals surface area contributed by atoms with Gasteiger partial charge in [-0.25, -0.2) is 0 Å². The van der Waals surface area contributed by atoms with Gasteiger partial charge in [0.1, 0.15) is 19.0 Å². The summed E-state index contributed by atoms with van der Waals surface area (Å²) in [7, 11) is 6.07. The van der Waals surface area contributed by atoms with E-state index in [2.05, 4.69) is 41.3 Å². The molecule has 0 aliphatic carbocycles. The molecule has 0 spiro atoms. The minimum absolute atomic E-state index is 0. The van der Waals surface area contributed by atoms with Crippen molar-refractivity contribution in [2.45, 2.75) is 26.4 Å². The maximum atomic E-state index is 5.68. The van der Waals surface area contributed by atoms with Crippen LogP contribution in [0.1, 0.15) is 29.8 Å². The van der Waals surface area contributed by atoms with E-state index in [0.29, 0.717) is 13.2 Å². The van der Waals surface area contributed by atoms with E-state index in [1.165, 1.54) is 11.1 Å². The standard InChI is InChI=1S/C18H26N4O2.ClH/c1-12(14-6-7-16-17(10-14)24-9-8-23-16)19-11-15-13(2)20-22(5)18(15)21(3)4;/h6-7,10,12,19H,8-9,11H2,1-5H3;1H. The summed E-state index contributed by atoms with van der Waals surface area (Å²) >= 11 is 0. The topological polar surface area (TPSA) is 51.6 Å². The van der Waals surface area contributed by atoms with Crippen molar-refractivity contribution in [3.8, 4) is 11.5 Å². The number of nitrogens with one attached hydrogen (secondary N) is 1. The monoisotopic (exact) mass is 366 g/mol. The predicted molar refractivity (Wildman–Crippen MR) is 102 cm³/mol. The van der Waals surface area contributed by atoms with E-state index < -0.39 is 0 Å². The first kappa shape index (κ1) is 19.4. The lowest BCUT2D eigenvalue weighted by Crippen LogP contribution is -2.22. The Morgan fingerprint density at radius 1 is 1.24 bits per heavy atom. The number of aryl methyl sites for hydroxylation is 2. The fourth-order valence-electron chi connectivity index (χ4n) is 3.16.